The third-order valence-electron chi connectivity index (χ3n) is 2.46. The van der Waals surface area contributed by atoms with Gasteiger partial charge in [-0.1, -0.05) is 18.5 Å². The molecule has 100 valence electrons. The van der Waals surface area contributed by atoms with E-state index in [2.05, 4.69) is 15.3 Å². The topological polar surface area (TPSA) is 85.8 Å². The lowest BCUT2D eigenvalue weighted by atomic mass is 10.3. The van der Waals surface area contributed by atoms with Crippen molar-refractivity contribution in [1.82, 2.24) is 14.5 Å². The van der Waals surface area contributed by atoms with E-state index < -0.39 is 0 Å². The molecule has 0 saturated carbocycles. The Morgan fingerprint density at radius 1 is 1.58 bits per heavy atom. The van der Waals surface area contributed by atoms with E-state index in [4.69, 9.17) is 17.3 Å². The maximum Gasteiger partial charge on any atom is 0.274 e. The lowest BCUT2D eigenvalue weighted by Crippen LogP contribution is -2.18. The zero-order chi connectivity index (χ0) is 13.8. The fraction of sp³-hybridized carbons (Fsp3) is 0.250. The second-order valence-electron chi connectivity index (χ2n) is 4.01. The van der Waals surface area contributed by atoms with E-state index in [1.54, 1.807) is 16.8 Å². The van der Waals surface area contributed by atoms with Crippen LogP contribution in [0.25, 0.3) is 0 Å². The Balaban J connectivity index is 2.20. The first kappa shape index (κ1) is 13.4. The first-order valence-electron chi connectivity index (χ1n) is 5.85. The number of carbonyl (C=O) groups is 1. The largest absolute Gasteiger partial charge is 0.397 e. The van der Waals surface area contributed by atoms with Crippen molar-refractivity contribution in [3.8, 4) is 0 Å². The number of halogens is 1. The highest BCUT2D eigenvalue weighted by molar-refractivity contribution is 6.29. The van der Waals surface area contributed by atoms with Crippen molar-refractivity contribution in [2.45, 2.75) is 19.9 Å². The molecule has 0 saturated heterocycles. The van der Waals surface area contributed by atoms with Crippen LogP contribution < -0.4 is 11.1 Å². The molecule has 0 radical (unpaired) electrons. The zero-order valence-corrected chi connectivity index (χ0v) is 11.2. The van der Waals surface area contributed by atoms with Gasteiger partial charge in [0.05, 0.1) is 5.69 Å². The fourth-order valence-electron chi connectivity index (χ4n) is 1.71. The number of rotatable bonds is 4. The molecule has 0 aliphatic rings. The molecule has 0 fully saturated rings. The molecule has 0 unspecified atom stereocenters. The smallest absolute Gasteiger partial charge is 0.274 e. The Bertz CT molecular complexity index is 596. The second-order valence-corrected chi connectivity index (χ2v) is 4.40. The number of carbonyl (C=O) groups excluding carboxylic acids is 1. The third kappa shape index (κ3) is 3.23. The molecule has 7 heteroatoms. The normalized spacial score (nSPS) is 10.4. The quantitative estimate of drug-likeness (QED) is 0.840. The summed E-state index contributed by atoms with van der Waals surface area (Å²) in [7, 11) is 0. The van der Waals surface area contributed by atoms with Gasteiger partial charge in [-0.05, 0) is 18.6 Å². The molecule has 0 spiro atoms. The highest BCUT2D eigenvalue weighted by Crippen LogP contribution is 2.13. The standard InChI is InChI=1S/C12H14ClN5O/c1-2-5-18-7-8(14)6-9(18)11(19)17-12-15-4-3-10(13)16-12/h3-4,6-7H,2,5,14H2,1H3,(H,15,16,17,19). The van der Waals surface area contributed by atoms with Crippen LogP contribution >= 0.6 is 11.6 Å². The van der Waals surface area contributed by atoms with Crippen molar-refractivity contribution < 1.29 is 4.79 Å². The van der Waals surface area contributed by atoms with E-state index in [0.29, 0.717) is 11.4 Å². The van der Waals surface area contributed by atoms with Crippen LogP contribution in [0.2, 0.25) is 5.15 Å². The molecule has 2 aromatic rings. The van der Waals surface area contributed by atoms with Crippen molar-refractivity contribution in [1.29, 1.82) is 0 Å². The number of hydrogen-bond donors (Lipinski definition) is 2. The van der Waals surface area contributed by atoms with E-state index in [9.17, 15) is 4.79 Å². The number of nitrogen functional groups attached to an aromatic ring is 1. The Hall–Kier alpha value is -2.08. The Kier molecular flexibility index (Phi) is 4.01. The van der Waals surface area contributed by atoms with Gasteiger partial charge in [-0.15, -0.1) is 0 Å². The molecule has 1 amide bonds. The predicted octanol–water partition coefficient (Wildman–Crippen LogP) is 2.18. The molecular weight excluding hydrogens is 266 g/mol. The fourth-order valence-corrected chi connectivity index (χ4v) is 1.85. The minimum atomic E-state index is -0.313. The van der Waals surface area contributed by atoms with E-state index in [0.717, 1.165) is 13.0 Å². The molecule has 2 aromatic heterocycles. The number of nitrogens with two attached hydrogens (primary N) is 1. The molecule has 0 bridgehead atoms. The molecular formula is C12H14ClN5O. The van der Waals surface area contributed by atoms with Gasteiger partial charge in [0.2, 0.25) is 5.95 Å². The van der Waals surface area contributed by atoms with Crippen LogP contribution in [0.3, 0.4) is 0 Å². The van der Waals surface area contributed by atoms with E-state index in [1.807, 2.05) is 6.92 Å². The number of amides is 1. The summed E-state index contributed by atoms with van der Waals surface area (Å²) in [6.45, 7) is 2.74. The summed E-state index contributed by atoms with van der Waals surface area (Å²) in [6.07, 6.45) is 4.11. The number of nitrogens with one attached hydrogen (secondary N) is 1. The Morgan fingerprint density at radius 2 is 2.37 bits per heavy atom. The van der Waals surface area contributed by atoms with Crippen molar-refractivity contribution in [3.05, 3.63) is 35.4 Å². The molecule has 19 heavy (non-hydrogen) atoms. The molecule has 3 N–H and O–H groups in total. The first-order chi connectivity index (χ1) is 9.10. The highest BCUT2D eigenvalue weighted by Gasteiger charge is 2.13. The van der Waals surface area contributed by atoms with Crippen molar-refractivity contribution in [3.63, 3.8) is 0 Å². The van der Waals surface area contributed by atoms with Crippen LogP contribution in [0, 0.1) is 0 Å². The third-order valence-corrected chi connectivity index (χ3v) is 2.67. The molecule has 0 atom stereocenters. The van der Waals surface area contributed by atoms with Crippen LogP contribution in [0.1, 0.15) is 23.8 Å². The Morgan fingerprint density at radius 3 is 3.05 bits per heavy atom. The number of anilines is 2. The summed E-state index contributed by atoms with van der Waals surface area (Å²) in [6, 6.07) is 3.16. The van der Waals surface area contributed by atoms with Crippen LogP contribution in [0.5, 0.6) is 0 Å². The lowest BCUT2D eigenvalue weighted by Gasteiger charge is -2.07. The SMILES string of the molecule is CCCn1cc(N)cc1C(=O)Nc1nccc(Cl)n1. The van der Waals surface area contributed by atoms with Gasteiger partial charge < -0.3 is 10.3 Å². The van der Waals surface area contributed by atoms with E-state index in [-0.39, 0.29) is 17.0 Å². The monoisotopic (exact) mass is 279 g/mol. The molecule has 2 heterocycles. The predicted molar refractivity (Wildman–Crippen MR) is 74.1 cm³/mol. The van der Waals surface area contributed by atoms with Gasteiger partial charge in [-0.3, -0.25) is 10.1 Å². The summed E-state index contributed by atoms with van der Waals surface area (Å²) in [5.41, 5.74) is 6.73. The highest BCUT2D eigenvalue weighted by atomic mass is 35.5. The molecule has 6 nitrogen and oxygen atoms in total. The lowest BCUT2D eigenvalue weighted by molar-refractivity contribution is 0.101. The van der Waals surface area contributed by atoms with Crippen molar-refractivity contribution in [2.75, 3.05) is 11.1 Å². The zero-order valence-electron chi connectivity index (χ0n) is 10.4. The Labute approximate surface area is 115 Å². The second kappa shape index (κ2) is 5.71. The molecule has 0 aromatic carbocycles. The summed E-state index contributed by atoms with van der Waals surface area (Å²) >= 11 is 5.73. The van der Waals surface area contributed by atoms with Crippen LogP contribution in [0.4, 0.5) is 11.6 Å². The van der Waals surface area contributed by atoms with Gasteiger partial charge in [-0.25, -0.2) is 9.97 Å². The molecule has 0 aliphatic heterocycles. The van der Waals surface area contributed by atoms with Gasteiger partial charge in [0.15, 0.2) is 0 Å². The van der Waals surface area contributed by atoms with Gasteiger partial charge >= 0.3 is 0 Å². The summed E-state index contributed by atoms with van der Waals surface area (Å²) < 4.78 is 1.80. The van der Waals surface area contributed by atoms with Crippen molar-refractivity contribution in [2.24, 2.45) is 0 Å². The van der Waals surface area contributed by atoms with E-state index >= 15 is 0 Å². The maximum atomic E-state index is 12.1. The molecule has 0 aliphatic carbocycles. The first-order valence-corrected chi connectivity index (χ1v) is 6.23. The average Bonchev–Trinajstić information content (AvgIpc) is 2.71. The van der Waals surface area contributed by atoms with Crippen LogP contribution in [0.15, 0.2) is 24.5 Å². The number of aromatic nitrogens is 3. The number of hydrogen-bond acceptors (Lipinski definition) is 4. The average molecular weight is 280 g/mol. The van der Waals surface area contributed by atoms with Crippen LogP contribution in [-0.4, -0.2) is 20.4 Å². The minimum Gasteiger partial charge on any atom is -0.397 e. The summed E-state index contributed by atoms with van der Waals surface area (Å²) in [4.78, 5) is 19.9. The van der Waals surface area contributed by atoms with Crippen molar-refractivity contribution >= 4 is 29.1 Å². The maximum absolute atomic E-state index is 12.1. The van der Waals surface area contributed by atoms with Crippen LogP contribution in [-0.2, 0) is 6.54 Å². The van der Waals surface area contributed by atoms with E-state index in [1.165, 1.54) is 12.3 Å². The van der Waals surface area contributed by atoms with Gasteiger partial charge in [0.25, 0.3) is 5.91 Å². The van der Waals surface area contributed by atoms with Gasteiger partial charge in [0, 0.05) is 18.9 Å². The molecule has 2 rings (SSSR count). The minimum absolute atomic E-state index is 0.167. The van der Waals surface area contributed by atoms with Gasteiger partial charge in [0.1, 0.15) is 10.8 Å². The number of aryl methyl sites for hydroxylation is 1. The van der Waals surface area contributed by atoms with Gasteiger partial charge in [-0.2, -0.15) is 0 Å². The summed E-state index contributed by atoms with van der Waals surface area (Å²) in [5.74, 6) is -0.146. The summed E-state index contributed by atoms with van der Waals surface area (Å²) in [5, 5.41) is 2.86. The number of nitrogens with zero attached hydrogens (tertiary/aromatic N) is 3.